The fraction of sp³-hybridized carbons (Fsp3) is 0.333. The number of hydrogen-bond donors (Lipinski definition) is 1. The molecule has 1 N–H and O–H groups in total. The molecule has 3 heteroatoms. The van der Waals surface area contributed by atoms with E-state index in [1.54, 1.807) is 6.07 Å². The van der Waals surface area contributed by atoms with E-state index in [0.717, 1.165) is 29.9 Å². The fourth-order valence-electron chi connectivity index (χ4n) is 2.27. The number of hydrogen-bond acceptors (Lipinski definition) is 2. The van der Waals surface area contributed by atoms with E-state index >= 15 is 0 Å². The summed E-state index contributed by atoms with van der Waals surface area (Å²) in [6, 6.07) is 13.6. The normalized spacial score (nSPS) is 10.7. The van der Waals surface area contributed by atoms with Gasteiger partial charge in [-0.25, -0.2) is 4.39 Å². The Bertz CT molecular complexity index is 578. The van der Waals surface area contributed by atoms with Crippen LogP contribution >= 0.6 is 0 Å². The minimum absolute atomic E-state index is 0.144. The van der Waals surface area contributed by atoms with Gasteiger partial charge in [0.15, 0.2) is 0 Å². The van der Waals surface area contributed by atoms with Crippen molar-refractivity contribution in [2.24, 2.45) is 0 Å². The van der Waals surface area contributed by atoms with Crippen LogP contribution in [0.3, 0.4) is 0 Å². The lowest BCUT2D eigenvalue weighted by Crippen LogP contribution is -2.18. The third kappa shape index (κ3) is 4.30. The number of rotatable bonds is 6. The van der Waals surface area contributed by atoms with E-state index in [1.807, 2.05) is 19.2 Å². The zero-order valence-corrected chi connectivity index (χ0v) is 13.0. The Labute approximate surface area is 126 Å². The maximum atomic E-state index is 14.0. The quantitative estimate of drug-likeness (QED) is 0.867. The molecule has 0 aliphatic heterocycles. The number of anilines is 1. The van der Waals surface area contributed by atoms with Gasteiger partial charge in [0.2, 0.25) is 0 Å². The number of nitrogens with zero attached hydrogens (tertiary/aromatic N) is 1. The van der Waals surface area contributed by atoms with E-state index in [2.05, 4.69) is 48.3 Å². The second kappa shape index (κ2) is 7.23. The van der Waals surface area contributed by atoms with Gasteiger partial charge in [0.25, 0.3) is 0 Å². The summed E-state index contributed by atoms with van der Waals surface area (Å²) >= 11 is 0. The number of benzene rings is 2. The van der Waals surface area contributed by atoms with Crippen LogP contribution in [0.2, 0.25) is 0 Å². The molecule has 0 fully saturated rings. The van der Waals surface area contributed by atoms with E-state index in [0.29, 0.717) is 6.54 Å². The number of halogens is 1. The average Bonchev–Trinajstić information content (AvgIpc) is 2.48. The Morgan fingerprint density at radius 1 is 1.10 bits per heavy atom. The third-order valence-electron chi connectivity index (χ3n) is 3.57. The van der Waals surface area contributed by atoms with Gasteiger partial charge in [0.1, 0.15) is 5.82 Å². The van der Waals surface area contributed by atoms with Crippen molar-refractivity contribution >= 4 is 5.69 Å². The van der Waals surface area contributed by atoms with Gasteiger partial charge >= 0.3 is 0 Å². The molecular weight excluding hydrogens is 263 g/mol. The van der Waals surface area contributed by atoms with Crippen molar-refractivity contribution in [1.29, 1.82) is 0 Å². The van der Waals surface area contributed by atoms with Crippen molar-refractivity contribution in [3.63, 3.8) is 0 Å². The molecule has 2 aromatic carbocycles. The van der Waals surface area contributed by atoms with E-state index in [1.165, 1.54) is 5.56 Å². The van der Waals surface area contributed by atoms with Gasteiger partial charge in [-0.05, 0) is 43.3 Å². The number of nitrogens with one attached hydrogen (secondary N) is 1. The van der Waals surface area contributed by atoms with Crippen LogP contribution in [0.25, 0.3) is 0 Å². The van der Waals surface area contributed by atoms with Gasteiger partial charge in [-0.1, -0.05) is 30.7 Å². The Hall–Kier alpha value is -1.87. The van der Waals surface area contributed by atoms with E-state index in [4.69, 9.17) is 0 Å². The minimum Gasteiger partial charge on any atom is -0.370 e. The predicted molar refractivity (Wildman–Crippen MR) is 87.1 cm³/mol. The highest BCUT2D eigenvalue weighted by Crippen LogP contribution is 2.18. The first-order valence-electron chi connectivity index (χ1n) is 7.36. The summed E-state index contributed by atoms with van der Waals surface area (Å²) in [6.07, 6.45) is 0. The lowest BCUT2D eigenvalue weighted by Gasteiger charge is -2.20. The second-order valence-electron chi connectivity index (χ2n) is 5.40. The Morgan fingerprint density at radius 3 is 2.48 bits per heavy atom. The minimum atomic E-state index is -0.144. The maximum absolute atomic E-state index is 14.0. The molecule has 0 bridgehead atoms. The first kappa shape index (κ1) is 15.5. The summed E-state index contributed by atoms with van der Waals surface area (Å²) in [6.45, 7) is 6.38. The SMILES string of the molecule is CCNCc1ccc(F)c(CN(C)c2ccc(C)cc2)c1. The van der Waals surface area contributed by atoms with Crippen molar-refractivity contribution in [3.05, 3.63) is 65.0 Å². The smallest absolute Gasteiger partial charge is 0.128 e. The predicted octanol–water partition coefficient (Wildman–Crippen LogP) is 3.88. The van der Waals surface area contributed by atoms with Crippen molar-refractivity contribution < 1.29 is 4.39 Å². The Kier molecular flexibility index (Phi) is 5.34. The largest absolute Gasteiger partial charge is 0.370 e. The Balaban J connectivity index is 2.12. The van der Waals surface area contributed by atoms with Crippen molar-refractivity contribution in [2.75, 3.05) is 18.5 Å². The average molecular weight is 286 g/mol. The van der Waals surface area contributed by atoms with Crippen LogP contribution in [0, 0.1) is 12.7 Å². The van der Waals surface area contributed by atoms with Crippen molar-refractivity contribution in [2.45, 2.75) is 26.9 Å². The van der Waals surface area contributed by atoms with Crippen LogP contribution in [-0.2, 0) is 13.1 Å². The van der Waals surface area contributed by atoms with Crippen LogP contribution < -0.4 is 10.2 Å². The number of aryl methyl sites for hydroxylation is 1. The molecule has 0 radical (unpaired) electrons. The molecular formula is C18H23FN2. The molecule has 0 unspecified atom stereocenters. The fourth-order valence-corrected chi connectivity index (χ4v) is 2.27. The zero-order chi connectivity index (χ0) is 15.2. The van der Waals surface area contributed by atoms with E-state index in [9.17, 15) is 4.39 Å². The van der Waals surface area contributed by atoms with Crippen molar-refractivity contribution in [1.82, 2.24) is 5.32 Å². The van der Waals surface area contributed by atoms with E-state index < -0.39 is 0 Å². The molecule has 2 rings (SSSR count). The summed E-state index contributed by atoms with van der Waals surface area (Å²) in [5.41, 5.74) is 4.17. The summed E-state index contributed by atoms with van der Waals surface area (Å²) in [5.74, 6) is -0.144. The molecule has 21 heavy (non-hydrogen) atoms. The molecule has 2 nitrogen and oxygen atoms in total. The molecule has 0 saturated carbocycles. The van der Waals surface area contributed by atoms with Gasteiger partial charge < -0.3 is 10.2 Å². The summed E-state index contributed by atoms with van der Waals surface area (Å²) < 4.78 is 14.0. The monoisotopic (exact) mass is 286 g/mol. The van der Waals surface area contributed by atoms with Crippen LogP contribution in [0.5, 0.6) is 0 Å². The molecule has 112 valence electrons. The van der Waals surface area contributed by atoms with Crippen LogP contribution in [0.15, 0.2) is 42.5 Å². The summed E-state index contributed by atoms with van der Waals surface area (Å²) in [4.78, 5) is 2.06. The Morgan fingerprint density at radius 2 is 1.81 bits per heavy atom. The van der Waals surface area contributed by atoms with Gasteiger partial charge in [-0.15, -0.1) is 0 Å². The second-order valence-corrected chi connectivity index (χ2v) is 5.40. The molecule has 0 amide bonds. The first-order valence-corrected chi connectivity index (χ1v) is 7.36. The highest BCUT2D eigenvalue weighted by Gasteiger charge is 2.08. The molecule has 0 atom stereocenters. The van der Waals surface area contributed by atoms with E-state index in [-0.39, 0.29) is 5.82 Å². The van der Waals surface area contributed by atoms with Crippen LogP contribution in [0.1, 0.15) is 23.6 Å². The third-order valence-corrected chi connectivity index (χ3v) is 3.57. The molecule has 0 saturated heterocycles. The lowest BCUT2D eigenvalue weighted by molar-refractivity contribution is 0.605. The summed E-state index contributed by atoms with van der Waals surface area (Å²) in [5, 5.41) is 3.27. The molecule has 2 aromatic rings. The topological polar surface area (TPSA) is 15.3 Å². The highest BCUT2D eigenvalue weighted by molar-refractivity contribution is 5.47. The van der Waals surface area contributed by atoms with Crippen molar-refractivity contribution in [3.8, 4) is 0 Å². The van der Waals surface area contributed by atoms with Crippen LogP contribution in [0.4, 0.5) is 10.1 Å². The molecule has 0 heterocycles. The molecule has 0 aromatic heterocycles. The van der Waals surface area contributed by atoms with Gasteiger partial charge in [0.05, 0.1) is 0 Å². The first-order chi connectivity index (χ1) is 10.1. The van der Waals surface area contributed by atoms with Gasteiger partial charge in [-0.2, -0.15) is 0 Å². The van der Waals surface area contributed by atoms with Gasteiger partial charge in [0, 0.05) is 31.4 Å². The summed E-state index contributed by atoms with van der Waals surface area (Å²) in [7, 11) is 1.99. The maximum Gasteiger partial charge on any atom is 0.128 e. The zero-order valence-electron chi connectivity index (χ0n) is 13.0. The highest BCUT2D eigenvalue weighted by atomic mass is 19.1. The van der Waals surface area contributed by atoms with Gasteiger partial charge in [-0.3, -0.25) is 0 Å². The van der Waals surface area contributed by atoms with Crippen LogP contribution in [-0.4, -0.2) is 13.6 Å². The molecule has 0 spiro atoms. The standard InChI is InChI=1S/C18H23FN2/c1-4-20-12-15-7-10-18(19)16(11-15)13-21(3)17-8-5-14(2)6-9-17/h5-11,20H,4,12-13H2,1-3H3. The molecule has 0 aliphatic rings. The lowest BCUT2D eigenvalue weighted by atomic mass is 10.1. The molecule has 0 aliphatic carbocycles.